The van der Waals surface area contributed by atoms with E-state index in [2.05, 4.69) is 35.1 Å². The van der Waals surface area contributed by atoms with E-state index < -0.39 is 0 Å². The minimum absolute atomic E-state index is 0.290. The lowest BCUT2D eigenvalue weighted by molar-refractivity contribution is 0.732. The van der Waals surface area contributed by atoms with Crippen molar-refractivity contribution < 1.29 is 0 Å². The molecule has 20 heavy (non-hydrogen) atoms. The van der Waals surface area contributed by atoms with Crippen molar-refractivity contribution >= 4 is 11.6 Å². The summed E-state index contributed by atoms with van der Waals surface area (Å²) in [6.45, 7) is 7.00. The van der Waals surface area contributed by atoms with Gasteiger partial charge < -0.3 is 10.2 Å². The summed E-state index contributed by atoms with van der Waals surface area (Å²) in [6.07, 6.45) is 2.92. The Morgan fingerprint density at radius 2 is 2.10 bits per heavy atom. The Morgan fingerprint density at radius 3 is 2.60 bits per heavy atom. The van der Waals surface area contributed by atoms with E-state index in [0.29, 0.717) is 18.4 Å². The molecule has 0 radical (unpaired) electrons. The van der Waals surface area contributed by atoms with Crippen molar-refractivity contribution in [2.45, 2.75) is 52.0 Å². The average Bonchev–Trinajstić information content (AvgIpc) is 3.25. The van der Waals surface area contributed by atoms with Crippen LogP contribution in [0.2, 0.25) is 0 Å². The van der Waals surface area contributed by atoms with Crippen LogP contribution in [0.3, 0.4) is 0 Å². The van der Waals surface area contributed by atoms with Gasteiger partial charge in [0.05, 0.1) is 12.5 Å². The van der Waals surface area contributed by atoms with Crippen LogP contribution in [0.1, 0.15) is 50.4 Å². The van der Waals surface area contributed by atoms with Gasteiger partial charge in [0.15, 0.2) is 0 Å². The first-order chi connectivity index (χ1) is 9.58. The molecule has 1 aromatic heterocycles. The molecule has 2 rings (SSSR count). The third kappa shape index (κ3) is 3.01. The molecule has 0 unspecified atom stereocenters. The van der Waals surface area contributed by atoms with E-state index in [-0.39, 0.29) is 0 Å². The van der Waals surface area contributed by atoms with Gasteiger partial charge in [0.25, 0.3) is 0 Å². The Morgan fingerprint density at radius 1 is 1.40 bits per heavy atom. The maximum absolute atomic E-state index is 8.86. The lowest BCUT2D eigenvalue weighted by Gasteiger charge is -2.26. The van der Waals surface area contributed by atoms with Crippen LogP contribution in [0.25, 0.3) is 0 Å². The molecule has 0 aromatic carbocycles. The summed E-state index contributed by atoms with van der Waals surface area (Å²) in [5.74, 6) is 3.03. The molecule has 0 spiro atoms. The molecular formula is C15H23N5. The number of nitrogens with one attached hydrogen (secondary N) is 1. The molecule has 108 valence electrons. The quantitative estimate of drug-likeness (QED) is 0.863. The highest BCUT2D eigenvalue weighted by Crippen LogP contribution is 2.34. The molecule has 1 fully saturated rings. The van der Waals surface area contributed by atoms with Crippen molar-refractivity contribution in [1.82, 2.24) is 9.97 Å². The molecule has 1 N–H and O–H groups in total. The van der Waals surface area contributed by atoms with Crippen molar-refractivity contribution in [2.24, 2.45) is 0 Å². The first-order valence-electron chi connectivity index (χ1n) is 7.28. The zero-order valence-electron chi connectivity index (χ0n) is 12.8. The largest absolute Gasteiger partial charge is 0.373 e. The van der Waals surface area contributed by atoms with Gasteiger partial charge in [0.2, 0.25) is 0 Å². The van der Waals surface area contributed by atoms with Gasteiger partial charge >= 0.3 is 0 Å². The monoisotopic (exact) mass is 273 g/mol. The van der Waals surface area contributed by atoms with E-state index >= 15 is 0 Å². The standard InChI is InChI=1S/C15H23N5/c1-10(2)13-18-14(17-4)11(3)15(19-13)20(9-5-8-16)12-6-7-12/h10,12H,5-7,9H2,1-4H3,(H,17,18,19). The molecule has 1 aliphatic carbocycles. The number of hydrogen-bond donors (Lipinski definition) is 1. The van der Waals surface area contributed by atoms with Crippen LogP contribution in [-0.4, -0.2) is 29.6 Å². The maximum Gasteiger partial charge on any atom is 0.137 e. The van der Waals surface area contributed by atoms with E-state index in [4.69, 9.17) is 10.2 Å². The van der Waals surface area contributed by atoms with Gasteiger partial charge in [-0.15, -0.1) is 0 Å². The fourth-order valence-corrected chi connectivity index (χ4v) is 2.32. The molecule has 1 aliphatic rings. The molecule has 0 amide bonds. The molecule has 1 aromatic rings. The lowest BCUT2D eigenvalue weighted by atomic mass is 10.2. The summed E-state index contributed by atoms with van der Waals surface area (Å²) in [5, 5.41) is 12.0. The van der Waals surface area contributed by atoms with Crippen molar-refractivity contribution in [3.8, 4) is 6.07 Å². The van der Waals surface area contributed by atoms with Gasteiger partial charge in [-0.25, -0.2) is 9.97 Å². The number of hydrogen-bond acceptors (Lipinski definition) is 5. The SMILES string of the molecule is CNc1nc(C(C)C)nc(N(CCC#N)C2CC2)c1C. The molecule has 0 aliphatic heterocycles. The summed E-state index contributed by atoms with van der Waals surface area (Å²) < 4.78 is 0. The van der Waals surface area contributed by atoms with E-state index in [1.807, 2.05) is 14.0 Å². The fraction of sp³-hybridized carbons (Fsp3) is 0.667. The van der Waals surface area contributed by atoms with Gasteiger partial charge in [0, 0.05) is 31.1 Å². The first kappa shape index (κ1) is 14.6. The van der Waals surface area contributed by atoms with Crippen LogP contribution in [0.4, 0.5) is 11.6 Å². The Hall–Kier alpha value is -1.83. The van der Waals surface area contributed by atoms with Crippen LogP contribution in [-0.2, 0) is 0 Å². The highest BCUT2D eigenvalue weighted by atomic mass is 15.2. The van der Waals surface area contributed by atoms with Gasteiger partial charge in [-0.05, 0) is 19.8 Å². The van der Waals surface area contributed by atoms with Crippen LogP contribution >= 0.6 is 0 Å². The highest BCUT2D eigenvalue weighted by Gasteiger charge is 2.31. The average molecular weight is 273 g/mol. The Balaban J connectivity index is 2.41. The van der Waals surface area contributed by atoms with Gasteiger partial charge in [-0.2, -0.15) is 5.26 Å². The predicted octanol–water partition coefficient (Wildman–Crippen LogP) is 2.83. The third-order valence-electron chi connectivity index (χ3n) is 3.61. The first-order valence-corrected chi connectivity index (χ1v) is 7.28. The second-order valence-corrected chi connectivity index (χ2v) is 5.62. The highest BCUT2D eigenvalue weighted by molar-refractivity contribution is 5.59. The van der Waals surface area contributed by atoms with Crippen molar-refractivity contribution in [3.05, 3.63) is 11.4 Å². The normalized spacial score (nSPS) is 14.2. The number of rotatable bonds is 6. The molecule has 0 atom stereocenters. The molecule has 0 bridgehead atoms. The zero-order valence-corrected chi connectivity index (χ0v) is 12.8. The maximum atomic E-state index is 8.86. The van der Waals surface area contributed by atoms with Crippen molar-refractivity contribution in [1.29, 1.82) is 5.26 Å². The number of anilines is 2. The van der Waals surface area contributed by atoms with Crippen molar-refractivity contribution in [2.75, 3.05) is 23.8 Å². The Bertz CT molecular complexity index is 514. The second-order valence-electron chi connectivity index (χ2n) is 5.62. The smallest absolute Gasteiger partial charge is 0.137 e. The zero-order chi connectivity index (χ0) is 14.7. The molecule has 1 saturated carbocycles. The third-order valence-corrected chi connectivity index (χ3v) is 3.61. The van der Waals surface area contributed by atoms with E-state index in [0.717, 1.165) is 29.6 Å². The lowest BCUT2D eigenvalue weighted by Crippen LogP contribution is -2.29. The van der Waals surface area contributed by atoms with Gasteiger partial charge in [0.1, 0.15) is 17.5 Å². The number of nitriles is 1. The fourth-order valence-electron chi connectivity index (χ4n) is 2.32. The molecule has 5 nitrogen and oxygen atoms in total. The number of nitrogens with zero attached hydrogens (tertiary/aromatic N) is 4. The molecular weight excluding hydrogens is 250 g/mol. The molecule has 0 saturated heterocycles. The van der Waals surface area contributed by atoms with Gasteiger partial charge in [-0.3, -0.25) is 0 Å². The summed E-state index contributed by atoms with van der Waals surface area (Å²) in [7, 11) is 1.89. The number of aromatic nitrogens is 2. The molecule has 5 heteroatoms. The minimum Gasteiger partial charge on any atom is -0.373 e. The van der Waals surface area contributed by atoms with Crippen LogP contribution in [0.15, 0.2) is 0 Å². The summed E-state index contributed by atoms with van der Waals surface area (Å²) >= 11 is 0. The summed E-state index contributed by atoms with van der Waals surface area (Å²) in [4.78, 5) is 11.6. The Labute approximate surface area is 121 Å². The summed E-state index contributed by atoms with van der Waals surface area (Å²) in [6, 6.07) is 2.78. The van der Waals surface area contributed by atoms with Crippen LogP contribution in [0.5, 0.6) is 0 Å². The topological polar surface area (TPSA) is 64.8 Å². The van der Waals surface area contributed by atoms with Crippen LogP contribution in [0, 0.1) is 18.3 Å². The van der Waals surface area contributed by atoms with E-state index in [1.165, 1.54) is 12.8 Å². The molecule has 1 heterocycles. The predicted molar refractivity (Wildman–Crippen MR) is 81.0 cm³/mol. The second kappa shape index (κ2) is 6.08. The van der Waals surface area contributed by atoms with E-state index in [9.17, 15) is 0 Å². The van der Waals surface area contributed by atoms with Gasteiger partial charge in [-0.1, -0.05) is 13.8 Å². The van der Waals surface area contributed by atoms with Crippen molar-refractivity contribution in [3.63, 3.8) is 0 Å². The van der Waals surface area contributed by atoms with Crippen LogP contribution < -0.4 is 10.2 Å². The summed E-state index contributed by atoms with van der Waals surface area (Å²) in [5.41, 5.74) is 1.07. The van der Waals surface area contributed by atoms with E-state index in [1.54, 1.807) is 0 Å². The minimum atomic E-state index is 0.290. The Kier molecular flexibility index (Phi) is 4.43.